The Morgan fingerprint density at radius 2 is 1.59 bits per heavy atom. The van der Waals surface area contributed by atoms with E-state index >= 15 is 0 Å². The number of aliphatic hydroxyl groups excluding tert-OH is 1. The van der Waals surface area contributed by atoms with Gasteiger partial charge >= 0.3 is 5.97 Å². The van der Waals surface area contributed by atoms with Crippen molar-refractivity contribution in [2.24, 2.45) is 0 Å². The molecule has 1 amide bonds. The van der Waals surface area contributed by atoms with E-state index in [9.17, 15) is 24.6 Å². The molecule has 0 spiro atoms. The number of Topliss-reactive ketones (excluding diaryl/α,β-unsaturated/α-hetero) is 1. The van der Waals surface area contributed by atoms with Gasteiger partial charge in [-0.25, -0.2) is 0 Å². The predicted octanol–water partition coefficient (Wildman–Crippen LogP) is 5.82. The molecule has 1 saturated heterocycles. The molecule has 1 aliphatic heterocycles. The summed E-state index contributed by atoms with van der Waals surface area (Å²) in [6.45, 7) is 10.4. The summed E-state index contributed by atoms with van der Waals surface area (Å²) in [6.07, 6.45) is 0.0716. The SMILES string of the molecule is CCOC(=O)Cc1ccc(N2C(=O)C(=O)/C(=C(\O)c3ccc(OCC)c(C(C)(C)C)c3)C2c2ccc(O)cc2)cc1. The van der Waals surface area contributed by atoms with Crippen LogP contribution in [-0.2, 0) is 31.0 Å². The molecule has 3 aromatic carbocycles. The zero-order valence-electron chi connectivity index (χ0n) is 23.9. The number of anilines is 1. The first-order valence-corrected chi connectivity index (χ1v) is 13.6. The van der Waals surface area contributed by atoms with E-state index in [1.165, 1.54) is 17.0 Å². The van der Waals surface area contributed by atoms with Crippen molar-refractivity contribution in [3.63, 3.8) is 0 Å². The standard InChI is InChI=1S/C33H35NO7/c1-6-40-26-17-12-22(19-25(26)33(3,4)5)30(37)28-29(21-10-15-24(35)16-11-21)34(32(39)31(28)38)23-13-8-20(9-14-23)18-27(36)41-7-2/h8-17,19,29,35,37H,6-7,18H2,1-5H3/b30-28-. The van der Waals surface area contributed by atoms with Crippen LogP contribution in [0.5, 0.6) is 11.5 Å². The first-order valence-electron chi connectivity index (χ1n) is 13.6. The number of carbonyl (C=O) groups excluding carboxylic acids is 3. The number of hydrogen-bond donors (Lipinski definition) is 2. The number of ketones is 1. The fourth-order valence-corrected chi connectivity index (χ4v) is 4.92. The molecular weight excluding hydrogens is 522 g/mol. The second kappa shape index (κ2) is 11.9. The second-order valence-electron chi connectivity index (χ2n) is 10.8. The van der Waals surface area contributed by atoms with Crippen molar-refractivity contribution in [1.29, 1.82) is 0 Å². The summed E-state index contributed by atoms with van der Waals surface area (Å²) in [5, 5.41) is 21.5. The van der Waals surface area contributed by atoms with Gasteiger partial charge in [0.25, 0.3) is 11.7 Å². The molecule has 0 bridgehead atoms. The number of aliphatic hydroxyl groups is 1. The number of hydrogen-bond acceptors (Lipinski definition) is 7. The molecule has 0 aromatic heterocycles. The summed E-state index contributed by atoms with van der Waals surface area (Å²) in [4.78, 5) is 40.3. The van der Waals surface area contributed by atoms with Crippen molar-refractivity contribution in [1.82, 2.24) is 0 Å². The average molecular weight is 558 g/mol. The minimum absolute atomic E-state index is 0.0235. The number of esters is 1. The Bertz CT molecular complexity index is 1480. The fourth-order valence-electron chi connectivity index (χ4n) is 4.92. The highest BCUT2D eigenvalue weighted by molar-refractivity contribution is 6.51. The first-order chi connectivity index (χ1) is 19.5. The van der Waals surface area contributed by atoms with Gasteiger partial charge in [-0.2, -0.15) is 0 Å². The van der Waals surface area contributed by atoms with Crippen LogP contribution in [0.3, 0.4) is 0 Å². The van der Waals surface area contributed by atoms with Crippen LogP contribution in [-0.4, -0.2) is 41.1 Å². The molecule has 2 N–H and O–H groups in total. The van der Waals surface area contributed by atoms with Crippen LogP contribution in [0, 0.1) is 0 Å². The van der Waals surface area contributed by atoms with E-state index in [0.29, 0.717) is 34.7 Å². The molecule has 8 nitrogen and oxygen atoms in total. The zero-order chi connectivity index (χ0) is 29.9. The summed E-state index contributed by atoms with van der Waals surface area (Å²) < 4.78 is 10.8. The van der Waals surface area contributed by atoms with E-state index in [2.05, 4.69) is 0 Å². The van der Waals surface area contributed by atoms with E-state index in [1.54, 1.807) is 61.5 Å². The number of phenolic OH excluding ortho intramolecular Hbond substituents is 1. The number of rotatable bonds is 8. The van der Waals surface area contributed by atoms with E-state index in [0.717, 1.165) is 5.56 Å². The third kappa shape index (κ3) is 6.11. The molecule has 0 saturated carbocycles. The quantitative estimate of drug-likeness (QED) is 0.155. The summed E-state index contributed by atoms with van der Waals surface area (Å²) >= 11 is 0. The molecule has 0 aliphatic carbocycles. The highest BCUT2D eigenvalue weighted by Gasteiger charge is 2.47. The van der Waals surface area contributed by atoms with Crippen LogP contribution < -0.4 is 9.64 Å². The number of aromatic hydroxyl groups is 1. The first kappa shape index (κ1) is 29.4. The highest BCUT2D eigenvalue weighted by atomic mass is 16.5. The Hall–Kier alpha value is -4.59. The lowest BCUT2D eigenvalue weighted by molar-refractivity contribution is -0.142. The Morgan fingerprint density at radius 3 is 2.17 bits per heavy atom. The monoisotopic (exact) mass is 557 g/mol. The van der Waals surface area contributed by atoms with Gasteiger partial charge in [0.05, 0.1) is 31.2 Å². The summed E-state index contributed by atoms with van der Waals surface area (Å²) in [6, 6.07) is 17.1. The Morgan fingerprint density at radius 1 is 0.927 bits per heavy atom. The van der Waals surface area contributed by atoms with Crippen LogP contribution in [0.15, 0.2) is 72.3 Å². The maximum absolute atomic E-state index is 13.5. The van der Waals surface area contributed by atoms with E-state index in [4.69, 9.17) is 9.47 Å². The van der Waals surface area contributed by atoms with E-state index in [-0.39, 0.29) is 41.5 Å². The second-order valence-corrected chi connectivity index (χ2v) is 10.8. The largest absolute Gasteiger partial charge is 0.508 e. The Kier molecular flexibility index (Phi) is 8.52. The van der Waals surface area contributed by atoms with Gasteiger partial charge in [-0.3, -0.25) is 19.3 Å². The Labute approximate surface area is 239 Å². The smallest absolute Gasteiger partial charge is 0.310 e. The van der Waals surface area contributed by atoms with Gasteiger partial charge in [0.15, 0.2) is 0 Å². The van der Waals surface area contributed by atoms with Gasteiger partial charge in [-0.1, -0.05) is 45.0 Å². The van der Waals surface area contributed by atoms with Crippen LogP contribution >= 0.6 is 0 Å². The van der Waals surface area contributed by atoms with Crippen LogP contribution in [0.2, 0.25) is 0 Å². The van der Waals surface area contributed by atoms with Gasteiger partial charge in [0.1, 0.15) is 17.3 Å². The molecule has 214 valence electrons. The van der Waals surface area contributed by atoms with E-state index in [1.807, 2.05) is 27.7 Å². The maximum atomic E-state index is 13.5. The molecule has 1 unspecified atom stereocenters. The number of nitrogens with zero attached hydrogens (tertiary/aromatic N) is 1. The molecule has 4 rings (SSSR count). The lowest BCUT2D eigenvalue weighted by atomic mass is 9.84. The Balaban J connectivity index is 1.85. The predicted molar refractivity (Wildman–Crippen MR) is 156 cm³/mol. The van der Waals surface area contributed by atoms with E-state index < -0.39 is 17.7 Å². The number of phenols is 1. The molecule has 41 heavy (non-hydrogen) atoms. The molecule has 8 heteroatoms. The lowest BCUT2D eigenvalue weighted by Gasteiger charge is -2.26. The van der Waals surface area contributed by atoms with Crippen molar-refractivity contribution in [3.05, 3.63) is 94.6 Å². The van der Waals surface area contributed by atoms with Crippen molar-refractivity contribution in [3.8, 4) is 11.5 Å². The van der Waals surface area contributed by atoms with Crippen molar-refractivity contribution < 1.29 is 34.1 Å². The van der Waals surface area contributed by atoms with Gasteiger partial charge in [-0.05, 0) is 72.9 Å². The van der Waals surface area contributed by atoms with Crippen LogP contribution in [0.1, 0.15) is 62.9 Å². The van der Waals surface area contributed by atoms with Crippen LogP contribution in [0.4, 0.5) is 5.69 Å². The average Bonchev–Trinajstić information content (AvgIpc) is 3.19. The lowest BCUT2D eigenvalue weighted by Crippen LogP contribution is -2.29. The summed E-state index contributed by atoms with van der Waals surface area (Å²) in [5.74, 6) is -1.61. The van der Waals surface area contributed by atoms with Gasteiger partial charge in [0.2, 0.25) is 0 Å². The fraction of sp³-hybridized carbons (Fsp3) is 0.303. The molecule has 1 heterocycles. The third-order valence-corrected chi connectivity index (χ3v) is 6.88. The van der Waals surface area contributed by atoms with Gasteiger partial charge < -0.3 is 19.7 Å². The third-order valence-electron chi connectivity index (χ3n) is 6.88. The molecule has 0 radical (unpaired) electrons. The number of carbonyl (C=O) groups is 3. The molecule has 1 fully saturated rings. The molecule has 1 aliphatic rings. The van der Waals surface area contributed by atoms with Crippen molar-refractivity contribution in [2.45, 2.75) is 52.5 Å². The minimum atomic E-state index is -0.962. The topological polar surface area (TPSA) is 113 Å². The van der Waals surface area contributed by atoms with Crippen molar-refractivity contribution >= 4 is 29.1 Å². The summed E-state index contributed by atoms with van der Waals surface area (Å²) in [5.41, 5.74) is 2.46. The van der Waals surface area contributed by atoms with Gasteiger partial charge in [0, 0.05) is 16.8 Å². The molecular formula is C33H35NO7. The highest BCUT2D eigenvalue weighted by Crippen LogP contribution is 2.43. The van der Waals surface area contributed by atoms with Crippen molar-refractivity contribution in [2.75, 3.05) is 18.1 Å². The van der Waals surface area contributed by atoms with Gasteiger partial charge in [-0.15, -0.1) is 0 Å². The van der Waals surface area contributed by atoms with Crippen LogP contribution in [0.25, 0.3) is 5.76 Å². The normalized spacial score (nSPS) is 16.6. The summed E-state index contributed by atoms with van der Waals surface area (Å²) in [7, 11) is 0. The molecule has 1 atom stereocenters. The number of ether oxygens (including phenoxy) is 2. The minimum Gasteiger partial charge on any atom is -0.508 e. The zero-order valence-corrected chi connectivity index (χ0v) is 23.9. The molecule has 3 aromatic rings. The maximum Gasteiger partial charge on any atom is 0.310 e. The number of benzene rings is 3. The number of amides is 1.